The van der Waals surface area contributed by atoms with Crippen molar-refractivity contribution >= 4 is 11.8 Å². The van der Waals surface area contributed by atoms with Gasteiger partial charge in [0.15, 0.2) is 0 Å². The Hall–Kier alpha value is -2.96. The van der Waals surface area contributed by atoms with E-state index < -0.39 is 0 Å². The molecule has 3 aromatic rings. The fourth-order valence-corrected chi connectivity index (χ4v) is 3.03. The van der Waals surface area contributed by atoms with Crippen LogP contribution in [-0.4, -0.2) is 50.7 Å². The normalized spacial score (nSPS) is 14.8. The van der Waals surface area contributed by atoms with E-state index in [-0.39, 0.29) is 0 Å². The van der Waals surface area contributed by atoms with Gasteiger partial charge in [0.05, 0.1) is 0 Å². The molecule has 4 heterocycles. The number of hydrogen-bond donors (Lipinski definition) is 0. The lowest BCUT2D eigenvalue weighted by Gasteiger charge is -2.35. The van der Waals surface area contributed by atoms with Crippen LogP contribution in [0.4, 0.5) is 11.8 Å². The summed E-state index contributed by atoms with van der Waals surface area (Å²) < 4.78 is 2.00. The number of aryl methyl sites for hydroxylation is 2. The molecule has 0 spiro atoms. The van der Waals surface area contributed by atoms with Crippen molar-refractivity contribution in [3.8, 4) is 5.82 Å². The molecule has 0 atom stereocenters. The second-order valence-corrected chi connectivity index (χ2v) is 6.23. The van der Waals surface area contributed by atoms with E-state index in [0.717, 1.165) is 55.2 Å². The predicted octanol–water partition coefficient (Wildman–Crippen LogP) is 2.00. The van der Waals surface area contributed by atoms with Crippen LogP contribution in [0.5, 0.6) is 0 Å². The maximum Gasteiger partial charge on any atom is 0.225 e. The molecular weight excluding hydrogens is 314 g/mol. The molecule has 1 aliphatic heterocycles. The fourth-order valence-electron chi connectivity index (χ4n) is 3.03. The molecular formula is C18H21N7. The second kappa shape index (κ2) is 6.51. The highest BCUT2D eigenvalue weighted by Gasteiger charge is 2.20. The second-order valence-electron chi connectivity index (χ2n) is 6.23. The molecule has 4 rings (SSSR count). The Kier molecular flexibility index (Phi) is 4.05. The highest BCUT2D eigenvalue weighted by atomic mass is 15.3. The molecule has 0 amide bonds. The van der Waals surface area contributed by atoms with Crippen molar-refractivity contribution in [2.75, 3.05) is 36.0 Å². The number of piperazine rings is 1. The number of hydrogen-bond acceptors (Lipinski definition) is 6. The van der Waals surface area contributed by atoms with Crippen LogP contribution in [0.2, 0.25) is 0 Å². The summed E-state index contributed by atoms with van der Waals surface area (Å²) >= 11 is 0. The molecule has 7 nitrogen and oxygen atoms in total. The standard InChI is InChI=1S/C18H21N7/c1-14-12-20-18(21-13-14)24-10-8-23(9-11-24)16-4-3-5-17(22-16)25-7-6-19-15(25)2/h3-7,12-13H,8-11H2,1-2H3. The van der Waals surface area contributed by atoms with Crippen LogP contribution in [-0.2, 0) is 0 Å². The van der Waals surface area contributed by atoms with Crippen LogP contribution in [0.15, 0.2) is 43.0 Å². The number of rotatable bonds is 3. The van der Waals surface area contributed by atoms with Gasteiger partial charge in [0.25, 0.3) is 0 Å². The van der Waals surface area contributed by atoms with E-state index in [1.165, 1.54) is 0 Å². The summed E-state index contributed by atoms with van der Waals surface area (Å²) in [5, 5.41) is 0. The van der Waals surface area contributed by atoms with Crippen molar-refractivity contribution in [3.05, 3.63) is 54.4 Å². The third kappa shape index (κ3) is 3.17. The zero-order valence-corrected chi connectivity index (χ0v) is 14.5. The fraction of sp³-hybridized carbons (Fsp3) is 0.333. The van der Waals surface area contributed by atoms with Crippen molar-refractivity contribution in [1.29, 1.82) is 0 Å². The highest BCUT2D eigenvalue weighted by molar-refractivity contribution is 5.45. The first kappa shape index (κ1) is 15.6. The molecule has 7 heteroatoms. The highest BCUT2D eigenvalue weighted by Crippen LogP contribution is 2.18. The summed E-state index contributed by atoms with van der Waals surface area (Å²) in [6, 6.07) is 6.12. The van der Waals surface area contributed by atoms with Crippen LogP contribution in [0.1, 0.15) is 11.4 Å². The van der Waals surface area contributed by atoms with Gasteiger partial charge in [-0.25, -0.2) is 19.9 Å². The van der Waals surface area contributed by atoms with E-state index in [1.807, 2.05) is 49.1 Å². The molecule has 0 N–H and O–H groups in total. The molecule has 3 aromatic heterocycles. The summed E-state index contributed by atoms with van der Waals surface area (Å²) in [4.78, 5) is 22.5. The van der Waals surface area contributed by atoms with E-state index >= 15 is 0 Å². The molecule has 128 valence electrons. The molecule has 1 saturated heterocycles. The van der Waals surface area contributed by atoms with Crippen molar-refractivity contribution in [3.63, 3.8) is 0 Å². The van der Waals surface area contributed by atoms with Crippen LogP contribution in [0.25, 0.3) is 5.82 Å². The molecule has 1 fully saturated rings. The van der Waals surface area contributed by atoms with E-state index in [4.69, 9.17) is 4.98 Å². The van der Waals surface area contributed by atoms with Gasteiger partial charge in [-0.2, -0.15) is 0 Å². The number of aromatic nitrogens is 5. The molecule has 0 saturated carbocycles. The van der Waals surface area contributed by atoms with Gasteiger partial charge in [-0.3, -0.25) is 4.57 Å². The minimum atomic E-state index is 0.806. The van der Waals surface area contributed by atoms with Crippen molar-refractivity contribution in [1.82, 2.24) is 24.5 Å². The first-order valence-electron chi connectivity index (χ1n) is 8.46. The zero-order valence-electron chi connectivity index (χ0n) is 14.5. The molecule has 0 radical (unpaired) electrons. The average Bonchev–Trinajstić information content (AvgIpc) is 3.09. The van der Waals surface area contributed by atoms with E-state index in [2.05, 4.69) is 30.8 Å². The first-order valence-corrected chi connectivity index (χ1v) is 8.46. The van der Waals surface area contributed by atoms with Crippen molar-refractivity contribution in [2.45, 2.75) is 13.8 Å². The lowest BCUT2D eigenvalue weighted by Crippen LogP contribution is -2.47. The van der Waals surface area contributed by atoms with E-state index in [1.54, 1.807) is 6.20 Å². The third-order valence-corrected chi connectivity index (χ3v) is 4.45. The SMILES string of the molecule is Cc1cnc(N2CCN(c3cccc(-n4ccnc4C)n3)CC2)nc1. The monoisotopic (exact) mass is 335 g/mol. The Morgan fingerprint density at radius 2 is 1.52 bits per heavy atom. The summed E-state index contributed by atoms with van der Waals surface area (Å²) in [5.41, 5.74) is 1.08. The van der Waals surface area contributed by atoms with Gasteiger partial charge in [-0.1, -0.05) is 6.07 Å². The minimum absolute atomic E-state index is 0.806. The van der Waals surface area contributed by atoms with Gasteiger partial charge in [0.2, 0.25) is 5.95 Å². The van der Waals surface area contributed by atoms with Gasteiger partial charge in [0.1, 0.15) is 17.5 Å². The third-order valence-electron chi connectivity index (χ3n) is 4.45. The summed E-state index contributed by atoms with van der Waals surface area (Å²) in [7, 11) is 0. The van der Waals surface area contributed by atoms with Gasteiger partial charge in [0, 0.05) is 51.0 Å². The first-order chi connectivity index (χ1) is 12.2. The Morgan fingerprint density at radius 1 is 0.840 bits per heavy atom. The van der Waals surface area contributed by atoms with Crippen LogP contribution >= 0.6 is 0 Å². The van der Waals surface area contributed by atoms with E-state index in [0.29, 0.717) is 0 Å². The summed E-state index contributed by atoms with van der Waals surface area (Å²) in [6.07, 6.45) is 7.47. The van der Waals surface area contributed by atoms with Crippen molar-refractivity contribution < 1.29 is 0 Å². The molecule has 0 aromatic carbocycles. The Morgan fingerprint density at radius 3 is 2.20 bits per heavy atom. The quantitative estimate of drug-likeness (QED) is 0.729. The smallest absolute Gasteiger partial charge is 0.225 e. The average molecular weight is 335 g/mol. The van der Waals surface area contributed by atoms with Gasteiger partial charge in [-0.15, -0.1) is 0 Å². The minimum Gasteiger partial charge on any atom is -0.353 e. The van der Waals surface area contributed by atoms with Gasteiger partial charge in [-0.05, 0) is 31.5 Å². The number of pyridine rings is 1. The van der Waals surface area contributed by atoms with Crippen LogP contribution in [0.3, 0.4) is 0 Å². The molecule has 1 aliphatic rings. The Labute approximate surface area is 147 Å². The Bertz CT molecular complexity index is 848. The summed E-state index contributed by atoms with van der Waals surface area (Å²) in [6.45, 7) is 7.56. The van der Waals surface area contributed by atoms with Gasteiger partial charge >= 0.3 is 0 Å². The molecule has 0 unspecified atom stereocenters. The Balaban J connectivity index is 1.47. The zero-order chi connectivity index (χ0) is 17.2. The lowest BCUT2D eigenvalue weighted by atomic mass is 10.3. The number of imidazole rings is 1. The van der Waals surface area contributed by atoms with Crippen LogP contribution in [0, 0.1) is 13.8 Å². The predicted molar refractivity (Wildman–Crippen MR) is 97.3 cm³/mol. The molecule has 25 heavy (non-hydrogen) atoms. The number of anilines is 2. The lowest BCUT2D eigenvalue weighted by molar-refractivity contribution is 0.633. The maximum atomic E-state index is 4.81. The number of nitrogens with zero attached hydrogens (tertiary/aromatic N) is 7. The van der Waals surface area contributed by atoms with Crippen molar-refractivity contribution in [2.24, 2.45) is 0 Å². The molecule has 0 bridgehead atoms. The van der Waals surface area contributed by atoms with Gasteiger partial charge < -0.3 is 9.80 Å². The molecule has 0 aliphatic carbocycles. The van der Waals surface area contributed by atoms with Crippen LogP contribution < -0.4 is 9.80 Å². The summed E-state index contributed by atoms with van der Waals surface area (Å²) in [5.74, 6) is 3.64. The largest absolute Gasteiger partial charge is 0.353 e. The topological polar surface area (TPSA) is 63.0 Å². The van der Waals surface area contributed by atoms with E-state index in [9.17, 15) is 0 Å². The maximum absolute atomic E-state index is 4.81.